The summed E-state index contributed by atoms with van der Waals surface area (Å²) in [5, 5.41) is 4.58. The highest BCUT2D eigenvalue weighted by Crippen LogP contribution is 2.24. The molecule has 18 heavy (non-hydrogen) atoms. The van der Waals surface area contributed by atoms with Gasteiger partial charge >= 0.3 is 0 Å². The molecule has 1 aromatic rings. The van der Waals surface area contributed by atoms with E-state index >= 15 is 0 Å². The Morgan fingerprint density at radius 3 is 2.83 bits per heavy atom. The highest BCUT2D eigenvalue weighted by atomic mass is 79.9. The molecule has 0 spiro atoms. The van der Waals surface area contributed by atoms with Gasteiger partial charge in [0.15, 0.2) is 0 Å². The molecule has 0 amide bonds. The largest absolute Gasteiger partial charge is 0.297 e. The minimum Gasteiger partial charge on any atom is -0.297 e. The van der Waals surface area contributed by atoms with Gasteiger partial charge in [0, 0.05) is 13.1 Å². The molecule has 0 radical (unpaired) electrons. The van der Waals surface area contributed by atoms with Gasteiger partial charge < -0.3 is 0 Å². The number of hydrogen-bond donors (Lipinski definition) is 0. The summed E-state index contributed by atoms with van der Waals surface area (Å²) >= 11 is 3.69. The summed E-state index contributed by atoms with van der Waals surface area (Å²) in [6.07, 6.45) is 4.04. The molecule has 1 unspecified atom stereocenters. The maximum atomic E-state index is 4.58. The molecule has 102 valence electrons. The first-order chi connectivity index (χ1) is 8.61. The van der Waals surface area contributed by atoms with Crippen molar-refractivity contribution >= 4 is 15.9 Å². The molecule has 4 heteroatoms. The van der Waals surface area contributed by atoms with Crippen LogP contribution in [-0.4, -0.2) is 27.8 Å². The van der Waals surface area contributed by atoms with E-state index in [1.54, 1.807) is 0 Å². The quantitative estimate of drug-likeness (QED) is 0.850. The summed E-state index contributed by atoms with van der Waals surface area (Å²) in [6, 6.07) is 0. The van der Waals surface area contributed by atoms with E-state index in [1.807, 2.05) is 0 Å². The van der Waals surface area contributed by atoms with Crippen LogP contribution >= 0.6 is 15.9 Å². The molecular formula is C14H24BrN3. The van der Waals surface area contributed by atoms with Gasteiger partial charge in [-0.3, -0.25) is 9.58 Å². The fraction of sp³-hybridized carbons (Fsp3) is 0.786. The lowest BCUT2D eigenvalue weighted by Crippen LogP contribution is -2.26. The maximum absolute atomic E-state index is 4.58. The van der Waals surface area contributed by atoms with E-state index in [9.17, 15) is 0 Å². The fourth-order valence-corrected chi connectivity index (χ4v) is 3.12. The summed E-state index contributed by atoms with van der Waals surface area (Å²) in [5.74, 6) is 0.885. The van der Waals surface area contributed by atoms with Crippen LogP contribution in [0.3, 0.4) is 0 Å². The van der Waals surface area contributed by atoms with Gasteiger partial charge in [-0.2, -0.15) is 5.10 Å². The van der Waals surface area contributed by atoms with Crippen LogP contribution in [0.1, 0.15) is 44.5 Å². The molecule has 0 saturated carbocycles. The Hall–Kier alpha value is -0.350. The van der Waals surface area contributed by atoms with Gasteiger partial charge in [0.1, 0.15) is 0 Å². The third kappa shape index (κ3) is 3.15. The minimum absolute atomic E-state index is 0.885. The Morgan fingerprint density at radius 1 is 1.33 bits per heavy atom. The molecule has 2 rings (SSSR count). The average Bonchev–Trinajstić information content (AvgIpc) is 2.53. The van der Waals surface area contributed by atoms with Crippen molar-refractivity contribution in [3.05, 3.63) is 15.9 Å². The Kier molecular flexibility index (Phi) is 4.84. The second-order valence-corrected chi connectivity index (χ2v) is 6.27. The van der Waals surface area contributed by atoms with Crippen molar-refractivity contribution < 1.29 is 0 Å². The lowest BCUT2D eigenvalue weighted by molar-refractivity contribution is 0.264. The molecule has 2 heterocycles. The fourth-order valence-electron chi connectivity index (χ4n) is 2.71. The molecule has 1 atom stereocenters. The van der Waals surface area contributed by atoms with E-state index < -0.39 is 0 Å². The van der Waals surface area contributed by atoms with Crippen molar-refractivity contribution in [2.24, 2.45) is 5.92 Å². The zero-order valence-electron chi connectivity index (χ0n) is 11.7. The molecule has 1 saturated heterocycles. The zero-order chi connectivity index (χ0) is 13.1. The molecule has 0 aromatic carbocycles. The van der Waals surface area contributed by atoms with Gasteiger partial charge in [0.25, 0.3) is 0 Å². The lowest BCUT2D eigenvalue weighted by Gasteiger charge is -2.20. The van der Waals surface area contributed by atoms with Crippen LogP contribution in [-0.2, 0) is 13.1 Å². The number of halogens is 1. The highest BCUT2D eigenvalue weighted by molar-refractivity contribution is 9.10. The molecule has 1 aliphatic heterocycles. The van der Waals surface area contributed by atoms with Gasteiger partial charge in [0.05, 0.1) is 15.9 Å². The predicted molar refractivity (Wildman–Crippen MR) is 78.6 cm³/mol. The Balaban J connectivity index is 2.08. The first-order valence-electron chi connectivity index (χ1n) is 7.06. The number of aromatic nitrogens is 2. The van der Waals surface area contributed by atoms with Crippen molar-refractivity contribution in [2.45, 2.75) is 53.1 Å². The van der Waals surface area contributed by atoms with Gasteiger partial charge in [-0.25, -0.2) is 0 Å². The molecule has 0 bridgehead atoms. The first kappa shape index (κ1) is 14.1. The van der Waals surface area contributed by atoms with Gasteiger partial charge in [-0.1, -0.05) is 6.92 Å². The van der Waals surface area contributed by atoms with Crippen LogP contribution in [0.25, 0.3) is 0 Å². The Bertz CT molecular complexity index is 400. The number of nitrogens with zero attached hydrogens (tertiary/aromatic N) is 3. The van der Waals surface area contributed by atoms with Gasteiger partial charge in [-0.15, -0.1) is 0 Å². The Morgan fingerprint density at radius 2 is 2.11 bits per heavy atom. The van der Waals surface area contributed by atoms with Crippen LogP contribution in [0.5, 0.6) is 0 Å². The minimum atomic E-state index is 0.885. The molecule has 1 aromatic heterocycles. The summed E-state index contributed by atoms with van der Waals surface area (Å²) in [6.45, 7) is 11.0. The number of likely N-dealkylation sites (tertiary alicyclic amines) is 1. The van der Waals surface area contributed by atoms with Crippen LogP contribution in [0.4, 0.5) is 0 Å². The first-order valence-corrected chi connectivity index (χ1v) is 7.85. The monoisotopic (exact) mass is 313 g/mol. The summed E-state index contributed by atoms with van der Waals surface area (Å²) in [4.78, 5) is 2.58. The van der Waals surface area contributed by atoms with E-state index in [1.165, 1.54) is 42.5 Å². The van der Waals surface area contributed by atoms with Crippen molar-refractivity contribution in [1.29, 1.82) is 0 Å². The summed E-state index contributed by atoms with van der Waals surface area (Å²) in [5.41, 5.74) is 2.44. The van der Waals surface area contributed by atoms with Crippen LogP contribution < -0.4 is 0 Å². The van der Waals surface area contributed by atoms with Crippen molar-refractivity contribution in [2.75, 3.05) is 13.1 Å². The number of aryl methyl sites for hydroxylation is 2. The van der Waals surface area contributed by atoms with Gasteiger partial charge in [0.2, 0.25) is 0 Å². The lowest BCUT2D eigenvalue weighted by atomic mass is 10.0. The zero-order valence-corrected chi connectivity index (χ0v) is 13.3. The third-order valence-corrected chi connectivity index (χ3v) is 4.97. The second-order valence-electron chi connectivity index (χ2n) is 5.47. The summed E-state index contributed by atoms with van der Waals surface area (Å²) in [7, 11) is 0. The third-order valence-electron chi connectivity index (χ3n) is 3.94. The standard InChI is InChI=1S/C14H24BrN3/c1-4-18-13(14(15)12(3)16-18)10-17-8-5-6-11(2)7-9-17/h11H,4-10H2,1-3H3. The van der Waals surface area contributed by atoms with Gasteiger partial charge in [-0.05, 0) is 68.0 Å². The van der Waals surface area contributed by atoms with Crippen molar-refractivity contribution in [1.82, 2.24) is 14.7 Å². The highest BCUT2D eigenvalue weighted by Gasteiger charge is 2.18. The number of hydrogen-bond acceptors (Lipinski definition) is 2. The van der Waals surface area contributed by atoms with Crippen LogP contribution in [0.15, 0.2) is 4.47 Å². The topological polar surface area (TPSA) is 21.1 Å². The maximum Gasteiger partial charge on any atom is 0.0739 e. The van der Waals surface area contributed by atoms with E-state index in [-0.39, 0.29) is 0 Å². The SMILES string of the molecule is CCn1nc(C)c(Br)c1CN1CCCC(C)CC1. The Labute approximate surface area is 119 Å². The summed E-state index contributed by atoms with van der Waals surface area (Å²) < 4.78 is 3.33. The molecule has 1 fully saturated rings. The smallest absolute Gasteiger partial charge is 0.0739 e. The van der Waals surface area contributed by atoms with E-state index in [2.05, 4.69) is 51.4 Å². The van der Waals surface area contributed by atoms with Crippen molar-refractivity contribution in [3.63, 3.8) is 0 Å². The second kappa shape index (κ2) is 6.20. The normalized spacial score (nSPS) is 22.1. The van der Waals surface area contributed by atoms with Crippen LogP contribution in [0.2, 0.25) is 0 Å². The molecular weight excluding hydrogens is 290 g/mol. The predicted octanol–water partition coefficient (Wildman–Crippen LogP) is 3.60. The van der Waals surface area contributed by atoms with E-state index in [0.717, 1.165) is 24.7 Å². The molecule has 0 N–H and O–H groups in total. The molecule has 0 aliphatic carbocycles. The molecule has 3 nitrogen and oxygen atoms in total. The van der Waals surface area contributed by atoms with E-state index in [4.69, 9.17) is 0 Å². The van der Waals surface area contributed by atoms with Crippen molar-refractivity contribution in [3.8, 4) is 0 Å². The average molecular weight is 314 g/mol. The number of rotatable bonds is 3. The van der Waals surface area contributed by atoms with E-state index in [0.29, 0.717) is 0 Å². The molecule has 1 aliphatic rings. The van der Waals surface area contributed by atoms with Crippen LogP contribution in [0, 0.1) is 12.8 Å².